The predicted octanol–water partition coefficient (Wildman–Crippen LogP) is 3.77. The highest BCUT2D eigenvalue weighted by molar-refractivity contribution is 9.10. The molecule has 0 saturated carbocycles. The lowest BCUT2D eigenvalue weighted by molar-refractivity contribution is 0.288. The van der Waals surface area contributed by atoms with Gasteiger partial charge in [-0.3, -0.25) is 0 Å². The number of benzene rings is 2. The Morgan fingerprint density at radius 3 is 2.58 bits per heavy atom. The Kier molecular flexibility index (Phi) is 4.50. The Hall–Kier alpha value is -1.46. The van der Waals surface area contributed by atoms with Gasteiger partial charge in [0.2, 0.25) is 0 Å². The molecule has 0 aliphatic heterocycles. The summed E-state index contributed by atoms with van der Waals surface area (Å²) in [4.78, 5) is 0. The van der Waals surface area contributed by atoms with Crippen LogP contribution in [0, 0.1) is 11.6 Å². The van der Waals surface area contributed by atoms with Crippen LogP contribution >= 0.6 is 15.9 Å². The van der Waals surface area contributed by atoms with Crippen molar-refractivity contribution in [2.75, 3.05) is 0 Å². The minimum atomic E-state index is -0.464. The van der Waals surface area contributed by atoms with Crippen LogP contribution < -0.4 is 10.5 Å². The second kappa shape index (κ2) is 6.12. The van der Waals surface area contributed by atoms with Crippen molar-refractivity contribution in [3.05, 3.63) is 63.6 Å². The van der Waals surface area contributed by atoms with Gasteiger partial charge in [-0.1, -0.05) is 22.0 Å². The van der Waals surface area contributed by atoms with Gasteiger partial charge in [-0.15, -0.1) is 0 Å². The molecule has 0 atom stereocenters. The standard InChI is InChI=1S/C14H12BrF2NO/c15-11-2-4-13(17)14(6-11)19-8-10-5-12(16)3-1-9(10)7-18/h1-6H,7-8,18H2. The summed E-state index contributed by atoms with van der Waals surface area (Å²) < 4.78 is 32.7. The van der Waals surface area contributed by atoms with Crippen LogP contribution in [0.15, 0.2) is 40.9 Å². The SMILES string of the molecule is NCc1ccc(F)cc1COc1cc(Br)ccc1F. The van der Waals surface area contributed by atoms with Crippen LogP contribution in [0.3, 0.4) is 0 Å². The molecule has 0 bridgehead atoms. The molecule has 2 nitrogen and oxygen atoms in total. The molecule has 19 heavy (non-hydrogen) atoms. The van der Waals surface area contributed by atoms with Crippen molar-refractivity contribution >= 4 is 15.9 Å². The van der Waals surface area contributed by atoms with Gasteiger partial charge in [0.05, 0.1) is 0 Å². The molecule has 100 valence electrons. The Balaban J connectivity index is 2.18. The van der Waals surface area contributed by atoms with Crippen molar-refractivity contribution in [1.29, 1.82) is 0 Å². The number of rotatable bonds is 4. The van der Waals surface area contributed by atoms with Crippen molar-refractivity contribution in [2.45, 2.75) is 13.2 Å². The molecule has 0 radical (unpaired) electrons. The van der Waals surface area contributed by atoms with E-state index >= 15 is 0 Å². The van der Waals surface area contributed by atoms with E-state index in [1.807, 2.05) is 0 Å². The molecule has 0 spiro atoms. The quantitative estimate of drug-likeness (QED) is 0.927. The summed E-state index contributed by atoms with van der Waals surface area (Å²) in [6.45, 7) is 0.345. The van der Waals surface area contributed by atoms with Crippen LogP contribution in [0.2, 0.25) is 0 Å². The van der Waals surface area contributed by atoms with Crippen LogP contribution in [0.1, 0.15) is 11.1 Å². The van der Waals surface area contributed by atoms with Gasteiger partial charge in [0.25, 0.3) is 0 Å². The predicted molar refractivity (Wildman–Crippen MR) is 72.7 cm³/mol. The molecule has 5 heteroatoms. The van der Waals surface area contributed by atoms with Gasteiger partial charge < -0.3 is 10.5 Å². The van der Waals surface area contributed by atoms with Gasteiger partial charge in [0.1, 0.15) is 12.4 Å². The molecular weight excluding hydrogens is 316 g/mol. The number of ether oxygens (including phenoxy) is 1. The Morgan fingerprint density at radius 2 is 1.84 bits per heavy atom. The lowest BCUT2D eigenvalue weighted by Crippen LogP contribution is -2.06. The fourth-order valence-corrected chi connectivity index (χ4v) is 2.01. The summed E-state index contributed by atoms with van der Waals surface area (Å²) in [7, 11) is 0. The average Bonchev–Trinajstić information content (AvgIpc) is 2.40. The first-order valence-electron chi connectivity index (χ1n) is 5.65. The normalized spacial score (nSPS) is 10.5. The molecule has 0 amide bonds. The molecule has 2 rings (SSSR count). The highest BCUT2D eigenvalue weighted by atomic mass is 79.9. The molecular formula is C14H12BrF2NO. The summed E-state index contributed by atoms with van der Waals surface area (Å²) in [6.07, 6.45) is 0. The fourth-order valence-electron chi connectivity index (χ4n) is 1.67. The molecule has 2 aromatic carbocycles. The minimum absolute atomic E-state index is 0.0671. The largest absolute Gasteiger partial charge is 0.486 e. The topological polar surface area (TPSA) is 35.2 Å². The monoisotopic (exact) mass is 327 g/mol. The van der Waals surface area contributed by atoms with E-state index in [0.29, 0.717) is 10.0 Å². The van der Waals surface area contributed by atoms with E-state index in [4.69, 9.17) is 10.5 Å². The lowest BCUT2D eigenvalue weighted by atomic mass is 10.1. The molecule has 0 aliphatic carbocycles. The third-order valence-electron chi connectivity index (χ3n) is 2.66. The van der Waals surface area contributed by atoms with Gasteiger partial charge >= 0.3 is 0 Å². The molecule has 2 aromatic rings. The van der Waals surface area contributed by atoms with Gasteiger partial charge in [0, 0.05) is 11.0 Å². The van der Waals surface area contributed by atoms with E-state index in [2.05, 4.69) is 15.9 Å². The van der Waals surface area contributed by atoms with Crippen molar-refractivity contribution in [3.8, 4) is 5.75 Å². The van der Waals surface area contributed by atoms with Crippen molar-refractivity contribution in [2.24, 2.45) is 5.73 Å². The number of halogens is 3. The van der Waals surface area contributed by atoms with E-state index in [0.717, 1.165) is 5.56 Å². The highest BCUT2D eigenvalue weighted by Gasteiger charge is 2.07. The van der Waals surface area contributed by atoms with Crippen LogP contribution in [0.4, 0.5) is 8.78 Å². The van der Waals surface area contributed by atoms with Crippen molar-refractivity contribution in [1.82, 2.24) is 0 Å². The molecule has 2 N–H and O–H groups in total. The number of nitrogens with two attached hydrogens (primary N) is 1. The van der Waals surface area contributed by atoms with E-state index in [9.17, 15) is 8.78 Å². The molecule has 0 unspecified atom stereocenters. The summed E-state index contributed by atoms with van der Waals surface area (Å²) in [5.41, 5.74) is 6.95. The van der Waals surface area contributed by atoms with E-state index in [-0.39, 0.29) is 24.7 Å². The maximum atomic E-state index is 13.5. The smallest absolute Gasteiger partial charge is 0.165 e. The van der Waals surface area contributed by atoms with Crippen molar-refractivity contribution < 1.29 is 13.5 Å². The average molecular weight is 328 g/mol. The zero-order valence-corrected chi connectivity index (χ0v) is 11.6. The second-order valence-electron chi connectivity index (χ2n) is 3.98. The summed E-state index contributed by atoms with van der Waals surface area (Å²) in [5, 5.41) is 0. The Morgan fingerprint density at radius 1 is 1.05 bits per heavy atom. The van der Waals surface area contributed by atoms with Gasteiger partial charge in [-0.05, 0) is 41.5 Å². The second-order valence-corrected chi connectivity index (χ2v) is 4.90. The number of hydrogen-bond acceptors (Lipinski definition) is 2. The highest BCUT2D eigenvalue weighted by Crippen LogP contribution is 2.23. The number of hydrogen-bond donors (Lipinski definition) is 1. The van der Waals surface area contributed by atoms with E-state index in [1.54, 1.807) is 12.1 Å². The maximum absolute atomic E-state index is 13.5. The first-order chi connectivity index (χ1) is 9.10. The van der Waals surface area contributed by atoms with Crippen molar-refractivity contribution in [3.63, 3.8) is 0 Å². The molecule has 0 saturated heterocycles. The third kappa shape index (κ3) is 3.52. The summed E-state index contributed by atoms with van der Waals surface area (Å²) in [6, 6.07) is 8.69. The van der Waals surface area contributed by atoms with Gasteiger partial charge in [0.15, 0.2) is 11.6 Å². The zero-order valence-electron chi connectivity index (χ0n) is 10.00. The minimum Gasteiger partial charge on any atom is -0.486 e. The molecule has 0 aliphatic rings. The molecule has 0 heterocycles. The van der Waals surface area contributed by atoms with Gasteiger partial charge in [-0.25, -0.2) is 8.78 Å². The van der Waals surface area contributed by atoms with Crippen LogP contribution in [0.25, 0.3) is 0 Å². The van der Waals surface area contributed by atoms with E-state index < -0.39 is 5.82 Å². The Labute approximate surface area is 118 Å². The van der Waals surface area contributed by atoms with Crippen LogP contribution in [-0.2, 0) is 13.2 Å². The first kappa shape index (κ1) is 14.0. The zero-order chi connectivity index (χ0) is 13.8. The third-order valence-corrected chi connectivity index (χ3v) is 3.16. The van der Waals surface area contributed by atoms with Gasteiger partial charge in [-0.2, -0.15) is 0 Å². The molecule has 0 aromatic heterocycles. The van der Waals surface area contributed by atoms with Crippen LogP contribution in [0.5, 0.6) is 5.75 Å². The van der Waals surface area contributed by atoms with Crippen LogP contribution in [-0.4, -0.2) is 0 Å². The summed E-state index contributed by atoms with van der Waals surface area (Å²) >= 11 is 3.24. The summed E-state index contributed by atoms with van der Waals surface area (Å²) in [5.74, 6) is -0.721. The maximum Gasteiger partial charge on any atom is 0.165 e. The molecule has 0 fully saturated rings. The Bertz CT molecular complexity index is 590. The first-order valence-corrected chi connectivity index (χ1v) is 6.44. The van der Waals surface area contributed by atoms with E-state index in [1.165, 1.54) is 24.3 Å². The lowest BCUT2D eigenvalue weighted by Gasteiger charge is -2.11. The fraction of sp³-hybridized carbons (Fsp3) is 0.143.